The molecule has 0 unspecified atom stereocenters. The molecule has 0 saturated carbocycles. The normalized spacial score (nSPS) is 10.6. The molecule has 2 aromatic rings. The van der Waals surface area contributed by atoms with Crippen LogP contribution in [-0.4, -0.2) is 20.7 Å². The van der Waals surface area contributed by atoms with E-state index in [-0.39, 0.29) is 5.91 Å². The lowest BCUT2D eigenvalue weighted by molar-refractivity contribution is 0.101. The minimum atomic E-state index is -0.187. The van der Waals surface area contributed by atoms with Crippen LogP contribution in [0.4, 0.5) is 5.82 Å². The second kappa shape index (κ2) is 6.17. The summed E-state index contributed by atoms with van der Waals surface area (Å²) in [5, 5.41) is 7.18. The highest BCUT2D eigenvalue weighted by Crippen LogP contribution is 2.17. The van der Waals surface area contributed by atoms with Crippen LogP contribution in [0.1, 0.15) is 35.7 Å². The predicted octanol–water partition coefficient (Wildman–Crippen LogP) is 3.18. The predicted molar refractivity (Wildman–Crippen MR) is 81.9 cm³/mol. The van der Waals surface area contributed by atoms with Crippen molar-refractivity contribution < 1.29 is 4.79 Å². The van der Waals surface area contributed by atoms with Gasteiger partial charge in [-0.3, -0.25) is 9.48 Å². The third kappa shape index (κ3) is 3.07. The molecular formula is C14H17BrN4O. The van der Waals surface area contributed by atoms with Crippen LogP contribution in [0.2, 0.25) is 0 Å². The number of anilines is 1. The number of nitrogens with zero attached hydrogens (tertiary/aromatic N) is 3. The molecule has 1 amide bonds. The molecule has 0 aliphatic carbocycles. The van der Waals surface area contributed by atoms with Crippen molar-refractivity contribution in [2.75, 3.05) is 5.32 Å². The third-order valence-electron chi connectivity index (χ3n) is 2.99. The molecule has 6 heteroatoms. The molecule has 1 N–H and O–H groups in total. The van der Waals surface area contributed by atoms with Crippen molar-refractivity contribution in [1.82, 2.24) is 14.8 Å². The van der Waals surface area contributed by atoms with Gasteiger partial charge in [-0.05, 0) is 54.4 Å². The Balaban J connectivity index is 2.23. The minimum absolute atomic E-state index is 0.187. The van der Waals surface area contributed by atoms with Gasteiger partial charge in [-0.25, -0.2) is 4.98 Å². The number of rotatable bonds is 4. The number of hydrogen-bond acceptors (Lipinski definition) is 3. The molecule has 20 heavy (non-hydrogen) atoms. The SMILES string of the molecule is CCc1cc(C(=O)Nc2ccc(Br)c(C)n2)n(CC)n1. The van der Waals surface area contributed by atoms with E-state index >= 15 is 0 Å². The summed E-state index contributed by atoms with van der Waals surface area (Å²) in [5.74, 6) is 0.353. The van der Waals surface area contributed by atoms with Crippen molar-refractivity contribution in [2.45, 2.75) is 33.7 Å². The fraction of sp³-hybridized carbons (Fsp3) is 0.357. The molecule has 2 heterocycles. The monoisotopic (exact) mass is 336 g/mol. The summed E-state index contributed by atoms with van der Waals surface area (Å²) in [6.45, 7) is 6.52. The van der Waals surface area contributed by atoms with Gasteiger partial charge in [-0.1, -0.05) is 6.92 Å². The Labute approximate surface area is 126 Å². The van der Waals surface area contributed by atoms with Crippen molar-refractivity contribution >= 4 is 27.7 Å². The van der Waals surface area contributed by atoms with Gasteiger partial charge in [0.05, 0.1) is 11.4 Å². The number of carbonyl (C=O) groups is 1. The van der Waals surface area contributed by atoms with E-state index in [1.165, 1.54) is 0 Å². The molecule has 0 saturated heterocycles. The molecule has 0 spiro atoms. The molecule has 0 fully saturated rings. The van der Waals surface area contributed by atoms with Crippen molar-refractivity contribution in [3.05, 3.63) is 39.8 Å². The molecule has 0 atom stereocenters. The molecule has 0 aromatic carbocycles. The van der Waals surface area contributed by atoms with Crippen molar-refractivity contribution in [3.63, 3.8) is 0 Å². The van der Waals surface area contributed by atoms with Crippen LogP contribution in [-0.2, 0) is 13.0 Å². The third-order valence-corrected chi connectivity index (χ3v) is 3.83. The van der Waals surface area contributed by atoms with E-state index in [0.29, 0.717) is 18.1 Å². The Bertz CT molecular complexity index is 636. The van der Waals surface area contributed by atoms with Gasteiger partial charge in [0, 0.05) is 11.0 Å². The highest BCUT2D eigenvalue weighted by atomic mass is 79.9. The van der Waals surface area contributed by atoms with Crippen LogP contribution in [0.5, 0.6) is 0 Å². The molecule has 0 aliphatic rings. The van der Waals surface area contributed by atoms with Gasteiger partial charge in [0.1, 0.15) is 11.5 Å². The van der Waals surface area contributed by atoms with Gasteiger partial charge in [0.15, 0.2) is 0 Å². The maximum absolute atomic E-state index is 12.3. The maximum atomic E-state index is 12.3. The van der Waals surface area contributed by atoms with E-state index in [4.69, 9.17) is 0 Å². The summed E-state index contributed by atoms with van der Waals surface area (Å²) >= 11 is 3.39. The van der Waals surface area contributed by atoms with Crippen molar-refractivity contribution in [2.24, 2.45) is 0 Å². The number of aromatic nitrogens is 3. The van der Waals surface area contributed by atoms with Crippen molar-refractivity contribution in [3.8, 4) is 0 Å². The topological polar surface area (TPSA) is 59.8 Å². The Morgan fingerprint density at radius 1 is 1.40 bits per heavy atom. The minimum Gasteiger partial charge on any atom is -0.305 e. The summed E-state index contributed by atoms with van der Waals surface area (Å²) in [6, 6.07) is 5.46. The Kier molecular flexibility index (Phi) is 4.54. The number of hydrogen-bond donors (Lipinski definition) is 1. The molecule has 106 valence electrons. The Hall–Kier alpha value is -1.69. The number of aryl methyl sites for hydroxylation is 3. The fourth-order valence-corrected chi connectivity index (χ4v) is 2.08. The van der Waals surface area contributed by atoms with Crippen molar-refractivity contribution in [1.29, 1.82) is 0 Å². The first-order valence-corrected chi connectivity index (χ1v) is 7.35. The zero-order chi connectivity index (χ0) is 14.7. The molecule has 0 bridgehead atoms. The number of nitrogens with one attached hydrogen (secondary N) is 1. The summed E-state index contributed by atoms with van der Waals surface area (Å²) in [6.07, 6.45) is 0.808. The molecule has 0 aliphatic heterocycles. The van der Waals surface area contributed by atoms with E-state index in [1.807, 2.05) is 32.9 Å². The highest BCUT2D eigenvalue weighted by molar-refractivity contribution is 9.10. The number of pyridine rings is 1. The van der Waals surface area contributed by atoms with E-state index in [1.54, 1.807) is 10.7 Å². The largest absolute Gasteiger partial charge is 0.305 e. The van der Waals surface area contributed by atoms with Crippen LogP contribution in [0.3, 0.4) is 0 Å². The van der Waals surface area contributed by atoms with Crippen LogP contribution in [0.15, 0.2) is 22.7 Å². The lowest BCUT2D eigenvalue weighted by Crippen LogP contribution is -2.18. The Morgan fingerprint density at radius 3 is 2.75 bits per heavy atom. The van der Waals surface area contributed by atoms with Gasteiger partial charge in [0.25, 0.3) is 5.91 Å². The average Bonchev–Trinajstić information content (AvgIpc) is 2.86. The molecule has 2 aromatic heterocycles. The van der Waals surface area contributed by atoms with Gasteiger partial charge in [-0.15, -0.1) is 0 Å². The quantitative estimate of drug-likeness (QED) is 0.932. The maximum Gasteiger partial charge on any atom is 0.275 e. The lowest BCUT2D eigenvalue weighted by Gasteiger charge is -2.07. The standard InChI is InChI=1S/C14H17BrN4O/c1-4-10-8-12(19(5-2)18-10)14(20)17-13-7-6-11(15)9(3)16-13/h6-8H,4-5H2,1-3H3,(H,16,17,20). The zero-order valence-electron chi connectivity index (χ0n) is 11.8. The van der Waals surface area contributed by atoms with Gasteiger partial charge < -0.3 is 5.32 Å². The van der Waals surface area contributed by atoms with Gasteiger partial charge in [-0.2, -0.15) is 5.10 Å². The average molecular weight is 337 g/mol. The van der Waals surface area contributed by atoms with Crippen LogP contribution in [0, 0.1) is 6.92 Å². The number of amides is 1. The first-order chi connectivity index (χ1) is 9.55. The Morgan fingerprint density at radius 2 is 2.15 bits per heavy atom. The van der Waals surface area contributed by atoms with Crippen LogP contribution >= 0.6 is 15.9 Å². The molecule has 2 rings (SSSR count). The van der Waals surface area contributed by atoms with E-state index < -0.39 is 0 Å². The summed E-state index contributed by atoms with van der Waals surface area (Å²) in [5.41, 5.74) is 2.31. The van der Waals surface area contributed by atoms with Crippen LogP contribution in [0.25, 0.3) is 0 Å². The highest BCUT2D eigenvalue weighted by Gasteiger charge is 2.14. The van der Waals surface area contributed by atoms with Gasteiger partial charge >= 0.3 is 0 Å². The molecular weight excluding hydrogens is 320 g/mol. The second-order valence-electron chi connectivity index (χ2n) is 4.41. The fourth-order valence-electron chi connectivity index (χ4n) is 1.86. The van der Waals surface area contributed by atoms with E-state index in [9.17, 15) is 4.79 Å². The lowest BCUT2D eigenvalue weighted by atomic mass is 10.3. The summed E-state index contributed by atoms with van der Waals surface area (Å²) < 4.78 is 2.63. The zero-order valence-corrected chi connectivity index (χ0v) is 13.4. The molecule has 0 radical (unpaired) electrons. The van der Waals surface area contributed by atoms with Crippen LogP contribution < -0.4 is 5.32 Å². The first-order valence-electron chi connectivity index (χ1n) is 6.56. The smallest absolute Gasteiger partial charge is 0.275 e. The number of halogens is 1. The van der Waals surface area contributed by atoms with Gasteiger partial charge in [0.2, 0.25) is 0 Å². The van der Waals surface area contributed by atoms with E-state index in [0.717, 1.165) is 22.3 Å². The van der Waals surface area contributed by atoms with E-state index in [2.05, 4.69) is 31.3 Å². The second-order valence-corrected chi connectivity index (χ2v) is 5.26. The number of carbonyl (C=O) groups excluding carboxylic acids is 1. The first kappa shape index (κ1) is 14.7. The molecule has 5 nitrogen and oxygen atoms in total. The summed E-state index contributed by atoms with van der Waals surface area (Å²) in [4.78, 5) is 16.6. The summed E-state index contributed by atoms with van der Waals surface area (Å²) in [7, 11) is 0.